The first-order valence-corrected chi connectivity index (χ1v) is 11.6. The highest BCUT2D eigenvalue weighted by molar-refractivity contribution is 9.10. The number of benzene rings is 3. The number of ether oxygens (including phenoxy) is 1. The number of hydrogen-bond donors (Lipinski definition) is 2. The standard InChI is InChI=1S/C27H23BrN2O4/c28-24-17-21(10-13-25(24)34-16-14-19-5-2-1-3-6-19)27(32)30-22-11-8-20(9-12-22)26(31)29-18-23-7-4-15-33-23/h1-13,15,17H,14,16,18H2,(H,29,31)(H,30,32). The van der Waals surface area contributed by atoms with Gasteiger partial charge in [0.25, 0.3) is 11.8 Å². The van der Waals surface area contributed by atoms with Gasteiger partial charge in [-0.3, -0.25) is 9.59 Å². The summed E-state index contributed by atoms with van der Waals surface area (Å²) < 4.78 is 11.8. The van der Waals surface area contributed by atoms with Crippen molar-refractivity contribution in [3.63, 3.8) is 0 Å². The Morgan fingerprint density at radius 3 is 2.32 bits per heavy atom. The summed E-state index contributed by atoms with van der Waals surface area (Å²) in [6.07, 6.45) is 2.36. The van der Waals surface area contributed by atoms with E-state index in [0.717, 1.165) is 6.42 Å². The van der Waals surface area contributed by atoms with Crippen molar-refractivity contribution < 1.29 is 18.7 Å². The molecule has 4 rings (SSSR count). The summed E-state index contributed by atoms with van der Waals surface area (Å²) in [5.74, 6) is 0.876. The van der Waals surface area contributed by atoms with Crippen molar-refractivity contribution >= 4 is 33.4 Å². The number of amides is 2. The average molecular weight is 519 g/mol. The molecule has 0 saturated carbocycles. The van der Waals surface area contributed by atoms with E-state index in [1.165, 1.54) is 5.56 Å². The average Bonchev–Trinajstić information content (AvgIpc) is 3.38. The van der Waals surface area contributed by atoms with E-state index in [-0.39, 0.29) is 11.8 Å². The maximum atomic E-state index is 12.7. The smallest absolute Gasteiger partial charge is 0.255 e. The van der Waals surface area contributed by atoms with E-state index in [1.54, 1.807) is 60.9 Å². The molecule has 0 bridgehead atoms. The fraction of sp³-hybridized carbons (Fsp3) is 0.111. The molecule has 0 unspecified atom stereocenters. The van der Waals surface area contributed by atoms with Crippen molar-refractivity contribution in [1.82, 2.24) is 5.32 Å². The molecule has 0 aliphatic heterocycles. The summed E-state index contributed by atoms with van der Waals surface area (Å²) in [7, 11) is 0. The van der Waals surface area contributed by atoms with Crippen LogP contribution in [0.3, 0.4) is 0 Å². The van der Waals surface area contributed by atoms with E-state index >= 15 is 0 Å². The minimum atomic E-state index is -0.258. The van der Waals surface area contributed by atoms with Gasteiger partial charge in [-0.25, -0.2) is 0 Å². The molecule has 1 aromatic heterocycles. The molecule has 3 aromatic carbocycles. The summed E-state index contributed by atoms with van der Waals surface area (Å²) in [4.78, 5) is 24.9. The minimum Gasteiger partial charge on any atom is -0.492 e. The molecule has 0 radical (unpaired) electrons. The molecule has 1 heterocycles. The monoisotopic (exact) mass is 518 g/mol. The van der Waals surface area contributed by atoms with Gasteiger partial charge in [-0.2, -0.15) is 0 Å². The quantitative estimate of drug-likeness (QED) is 0.291. The Morgan fingerprint density at radius 1 is 0.853 bits per heavy atom. The van der Waals surface area contributed by atoms with Crippen LogP contribution < -0.4 is 15.4 Å². The largest absolute Gasteiger partial charge is 0.492 e. The molecule has 6 nitrogen and oxygen atoms in total. The van der Waals surface area contributed by atoms with E-state index in [2.05, 4.69) is 38.7 Å². The second-order valence-corrected chi connectivity index (χ2v) is 8.38. The molecular weight excluding hydrogens is 496 g/mol. The Morgan fingerprint density at radius 2 is 1.62 bits per heavy atom. The lowest BCUT2D eigenvalue weighted by Gasteiger charge is -2.11. The van der Waals surface area contributed by atoms with Crippen LogP contribution in [-0.2, 0) is 13.0 Å². The molecule has 0 aliphatic rings. The van der Waals surface area contributed by atoms with Gasteiger partial charge in [-0.15, -0.1) is 0 Å². The third-order valence-electron chi connectivity index (χ3n) is 5.09. The van der Waals surface area contributed by atoms with Crippen molar-refractivity contribution in [2.24, 2.45) is 0 Å². The van der Waals surface area contributed by atoms with Crippen molar-refractivity contribution in [1.29, 1.82) is 0 Å². The highest BCUT2D eigenvalue weighted by Crippen LogP contribution is 2.26. The van der Waals surface area contributed by atoms with Crippen LogP contribution in [0.1, 0.15) is 32.0 Å². The number of carbonyl (C=O) groups excluding carboxylic acids is 2. The van der Waals surface area contributed by atoms with Crippen LogP contribution in [0.25, 0.3) is 0 Å². The second-order valence-electron chi connectivity index (χ2n) is 7.52. The predicted octanol–water partition coefficient (Wildman–Crippen LogP) is 5.85. The van der Waals surface area contributed by atoms with E-state index < -0.39 is 0 Å². The van der Waals surface area contributed by atoms with Crippen LogP contribution in [0.15, 0.2) is 100 Å². The molecular formula is C27H23BrN2O4. The number of nitrogens with one attached hydrogen (secondary N) is 2. The topological polar surface area (TPSA) is 80.6 Å². The molecule has 7 heteroatoms. The van der Waals surface area contributed by atoms with Gasteiger partial charge in [0, 0.05) is 23.2 Å². The Balaban J connectivity index is 1.29. The van der Waals surface area contributed by atoms with Crippen LogP contribution in [0.4, 0.5) is 5.69 Å². The van der Waals surface area contributed by atoms with Crippen molar-refractivity contribution in [2.45, 2.75) is 13.0 Å². The maximum Gasteiger partial charge on any atom is 0.255 e. The van der Waals surface area contributed by atoms with Gasteiger partial charge in [0.1, 0.15) is 11.5 Å². The van der Waals surface area contributed by atoms with Crippen LogP contribution in [0.5, 0.6) is 5.75 Å². The predicted molar refractivity (Wildman–Crippen MR) is 134 cm³/mol. The van der Waals surface area contributed by atoms with Crippen LogP contribution in [0, 0.1) is 0 Å². The number of hydrogen-bond acceptors (Lipinski definition) is 4. The van der Waals surface area contributed by atoms with Gasteiger partial charge < -0.3 is 19.8 Å². The van der Waals surface area contributed by atoms with Crippen molar-refractivity contribution in [3.8, 4) is 5.75 Å². The molecule has 2 amide bonds. The molecule has 0 atom stereocenters. The van der Waals surface area contributed by atoms with Gasteiger partial charge in [0.05, 0.1) is 23.9 Å². The second kappa shape index (κ2) is 11.3. The lowest BCUT2D eigenvalue weighted by Crippen LogP contribution is -2.22. The SMILES string of the molecule is O=C(NCc1ccco1)c1ccc(NC(=O)c2ccc(OCCc3ccccc3)c(Br)c2)cc1. The number of anilines is 1. The van der Waals surface area contributed by atoms with Crippen molar-refractivity contribution in [3.05, 3.63) is 118 Å². The zero-order valence-electron chi connectivity index (χ0n) is 18.3. The molecule has 0 aliphatic carbocycles. The molecule has 0 saturated heterocycles. The Hall–Kier alpha value is -3.84. The number of carbonyl (C=O) groups is 2. The lowest BCUT2D eigenvalue weighted by atomic mass is 10.1. The summed E-state index contributed by atoms with van der Waals surface area (Å²) in [5.41, 5.74) is 2.77. The van der Waals surface area contributed by atoms with Crippen LogP contribution in [-0.4, -0.2) is 18.4 Å². The molecule has 4 aromatic rings. The maximum absolute atomic E-state index is 12.7. The first kappa shape index (κ1) is 23.3. The van der Waals surface area contributed by atoms with Gasteiger partial charge in [-0.1, -0.05) is 30.3 Å². The Labute approximate surface area is 206 Å². The third kappa shape index (κ3) is 6.36. The van der Waals surface area contributed by atoms with Gasteiger partial charge in [0.2, 0.25) is 0 Å². The summed E-state index contributed by atoms with van der Waals surface area (Å²) in [6.45, 7) is 0.848. The summed E-state index contributed by atoms with van der Waals surface area (Å²) in [5, 5.41) is 5.63. The Kier molecular flexibility index (Phi) is 7.78. The molecule has 2 N–H and O–H groups in total. The van der Waals surface area contributed by atoms with Crippen LogP contribution >= 0.6 is 15.9 Å². The van der Waals surface area contributed by atoms with Gasteiger partial charge >= 0.3 is 0 Å². The summed E-state index contributed by atoms with van der Waals surface area (Å²) in [6, 6.07) is 25.6. The number of furan rings is 1. The summed E-state index contributed by atoms with van der Waals surface area (Å²) >= 11 is 3.49. The first-order chi connectivity index (χ1) is 16.6. The molecule has 0 fully saturated rings. The minimum absolute atomic E-state index is 0.221. The number of halogens is 1. The lowest BCUT2D eigenvalue weighted by molar-refractivity contribution is 0.0947. The highest BCUT2D eigenvalue weighted by Gasteiger charge is 2.11. The van der Waals surface area contributed by atoms with Gasteiger partial charge in [-0.05, 0) is 76.1 Å². The molecule has 0 spiro atoms. The zero-order chi connectivity index (χ0) is 23.8. The fourth-order valence-corrected chi connectivity index (χ4v) is 3.77. The zero-order valence-corrected chi connectivity index (χ0v) is 19.9. The first-order valence-electron chi connectivity index (χ1n) is 10.8. The Bertz CT molecular complexity index is 1240. The molecule has 34 heavy (non-hydrogen) atoms. The van der Waals surface area contributed by atoms with E-state index in [0.29, 0.717) is 45.9 Å². The third-order valence-corrected chi connectivity index (χ3v) is 5.71. The van der Waals surface area contributed by atoms with E-state index in [9.17, 15) is 9.59 Å². The molecule has 172 valence electrons. The van der Waals surface area contributed by atoms with E-state index in [1.807, 2.05) is 18.2 Å². The fourth-order valence-electron chi connectivity index (χ4n) is 3.27. The highest BCUT2D eigenvalue weighted by atomic mass is 79.9. The normalized spacial score (nSPS) is 10.5. The van der Waals surface area contributed by atoms with E-state index in [4.69, 9.17) is 9.15 Å². The van der Waals surface area contributed by atoms with Crippen LogP contribution in [0.2, 0.25) is 0 Å². The van der Waals surface area contributed by atoms with Gasteiger partial charge in [0.15, 0.2) is 0 Å². The van der Waals surface area contributed by atoms with Crippen molar-refractivity contribution in [2.75, 3.05) is 11.9 Å². The number of rotatable bonds is 9.